The van der Waals surface area contributed by atoms with Gasteiger partial charge in [0.2, 0.25) is 0 Å². The summed E-state index contributed by atoms with van der Waals surface area (Å²) >= 11 is 0. The molecule has 0 saturated heterocycles. The van der Waals surface area contributed by atoms with Gasteiger partial charge in [0.25, 0.3) is 0 Å². The normalized spacial score (nSPS) is 14.2. The van der Waals surface area contributed by atoms with Crippen molar-refractivity contribution in [3.63, 3.8) is 0 Å². The number of unbranched alkanes of at least 4 members (excludes halogenated alkanes) is 30. The van der Waals surface area contributed by atoms with Crippen LogP contribution >= 0.6 is 7.82 Å². The fraction of sp³-hybridized carbons (Fsp3) is 1.00. The Balaban J connectivity index is 3.98. The molecular formula is C42H87O8P. The van der Waals surface area contributed by atoms with E-state index in [9.17, 15) is 14.6 Å². The van der Waals surface area contributed by atoms with Gasteiger partial charge in [-0.2, -0.15) is 0 Å². The van der Waals surface area contributed by atoms with E-state index in [1.165, 1.54) is 180 Å². The Hall–Kier alpha value is -0.0500. The highest BCUT2D eigenvalue weighted by Crippen LogP contribution is 2.43. The molecule has 0 spiro atoms. The van der Waals surface area contributed by atoms with E-state index in [1.54, 1.807) is 0 Å². The topological polar surface area (TPSA) is 115 Å². The molecule has 0 aromatic heterocycles. The minimum atomic E-state index is -4.38. The number of rotatable bonds is 44. The monoisotopic (exact) mass is 751 g/mol. The number of ether oxygens (including phenoxy) is 2. The molecule has 0 aliphatic rings. The first kappa shape index (κ1) is 51.0. The summed E-state index contributed by atoms with van der Waals surface area (Å²) in [6, 6.07) is 0. The first-order valence-electron chi connectivity index (χ1n) is 22.0. The minimum Gasteiger partial charge on any atom is -0.394 e. The molecule has 0 aromatic rings. The number of aliphatic hydroxyl groups excluding tert-OH is 2. The van der Waals surface area contributed by atoms with E-state index in [0.717, 1.165) is 25.7 Å². The first-order chi connectivity index (χ1) is 24.9. The van der Waals surface area contributed by atoms with Gasteiger partial charge in [0.1, 0.15) is 12.2 Å². The van der Waals surface area contributed by atoms with Crippen molar-refractivity contribution in [3.8, 4) is 0 Å². The van der Waals surface area contributed by atoms with E-state index in [2.05, 4.69) is 13.8 Å². The zero-order valence-corrected chi connectivity index (χ0v) is 34.7. The van der Waals surface area contributed by atoms with Gasteiger partial charge in [-0.1, -0.05) is 206 Å². The van der Waals surface area contributed by atoms with Crippen LogP contribution in [0.2, 0.25) is 0 Å². The molecule has 0 saturated carbocycles. The van der Waals surface area contributed by atoms with Crippen LogP contribution in [0, 0.1) is 0 Å². The number of phosphoric ester groups is 1. The molecule has 0 fully saturated rings. The minimum absolute atomic E-state index is 0.138. The van der Waals surface area contributed by atoms with Gasteiger partial charge in [0.15, 0.2) is 0 Å². The Morgan fingerprint density at radius 3 is 1.12 bits per heavy atom. The lowest BCUT2D eigenvalue weighted by atomic mass is 10.0. The summed E-state index contributed by atoms with van der Waals surface area (Å²) in [6.07, 6.45) is 40.6. The molecule has 0 aliphatic heterocycles. The van der Waals surface area contributed by atoms with E-state index in [1.807, 2.05) is 0 Å². The van der Waals surface area contributed by atoms with Crippen LogP contribution in [-0.4, -0.2) is 67.0 Å². The summed E-state index contributed by atoms with van der Waals surface area (Å²) in [4.78, 5) is 9.98. The summed E-state index contributed by atoms with van der Waals surface area (Å²) < 4.78 is 34.1. The third kappa shape index (κ3) is 41.0. The predicted octanol–water partition coefficient (Wildman–Crippen LogP) is 12.4. The van der Waals surface area contributed by atoms with Crippen LogP contribution in [0.1, 0.15) is 219 Å². The van der Waals surface area contributed by atoms with Crippen LogP contribution < -0.4 is 0 Å². The number of aliphatic hydroxyl groups is 2. The summed E-state index contributed by atoms with van der Waals surface area (Å²) in [5.74, 6) is 0. The van der Waals surface area contributed by atoms with Crippen molar-refractivity contribution < 1.29 is 38.2 Å². The van der Waals surface area contributed by atoms with Crippen molar-refractivity contribution >= 4 is 7.82 Å². The standard InChI is InChI=1S/C42H87O8P/c1-3-5-7-9-11-13-15-17-19-21-23-25-27-29-31-33-35-47-39-42(40-50-51(45,46)49-38-41(44)37-43)48-36-34-32-30-28-26-24-22-20-18-16-14-12-10-8-6-4-2/h41-44H,3-40H2,1-2H3,(H,45,46)/t41?,42-/m1/s1. The van der Waals surface area contributed by atoms with Gasteiger partial charge in [-0.3, -0.25) is 9.05 Å². The second kappa shape index (κ2) is 41.1. The number of phosphoric acid groups is 1. The molecule has 0 bridgehead atoms. The van der Waals surface area contributed by atoms with Crippen molar-refractivity contribution in [2.75, 3.05) is 39.6 Å². The SMILES string of the molecule is CCCCCCCCCCCCCCCCCCOC[C@H](COP(=O)(O)OCC(O)CO)OCCCCCCCCCCCCCCCCCC. The van der Waals surface area contributed by atoms with Gasteiger partial charge in [0, 0.05) is 13.2 Å². The predicted molar refractivity (Wildman–Crippen MR) is 214 cm³/mol. The Bertz CT molecular complexity index is 712. The highest BCUT2D eigenvalue weighted by molar-refractivity contribution is 7.47. The fourth-order valence-electron chi connectivity index (χ4n) is 6.46. The van der Waals surface area contributed by atoms with Gasteiger partial charge >= 0.3 is 7.82 Å². The van der Waals surface area contributed by atoms with E-state index in [4.69, 9.17) is 23.6 Å². The Labute approximate surface area is 316 Å². The lowest BCUT2D eigenvalue weighted by Crippen LogP contribution is -2.27. The summed E-state index contributed by atoms with van der Waals surface area (Å²) in [5.41, 5.74) is 0. The molecule has 2 unspecified atom stereocenters. The number of hydrogen-bond acceptors (Lipinski definition) is 7. The first-order valence-corrected chi connectivity index (χ1v) is 23.5. The molecule has 8 nitrogen and oxygen atoms in total. The van der Waals surface area contributed by atoms with Crippen molar-refractivity contribution in [1.29, 1.82) is 0 Å². The average Bonchev–Trinajstić information content (AvgIpc) is 3.13. The molecule has 51 heavy (non-hydrogen) atoms. The average molecular weight is 751 g/mol. The molecule has 0 aromatic carbocycles. The molecule has 0 amide bonds. The summed E-state index contributed by atoms with van der Waals surface area (Å²) in [6.45, 7) is 4.85. The number of hydrogen-bond donors (Lipinski definition) is 3. The molecule has 0 aliphatic carbocycles. The second-order valence-corrected chi connectivity index (χ2v) is 16.5. The van der Waals surface area contributed by atoms with E-state index < -0.39 is 33.2 Å². The molecule has 308 valence electrons. The quantitative estimate of drug-likeness (QED) is 0.0416. The molecule has 3 N–H and O–H groups in total. The van der Waals surface area contributed by atoms with Crippen LogP contribution in [0.25, 0.3) is 0 Å². The summed E-state index contributed by atoms with van der Waals surface area (Å²) in [5, 5.41) is 18.4. The van der Waals surface area contributed by atoms with Crippen LogP contribution in [0.5, 0.6) is 0 Å². The Morgan fingerprint density at radius 2 is 0.765 bits per heavy atom. The van der Waals surface area contributed by atoms with Crippen molar-refractivity contribution in [3.05, 3.63) is 0 Å². The molecule has 0 heterocycles. The van der Waals surface area contributed by atoms with Gasteiger partial charge in [0.05, 0.1) is 26.4 Å². The van der Waals surface area contributed by atoms with Gasteiger partial charge < -0.3 is 24.6 Å². The van der Waals surface area contributed by atoms with Gasteiger partial charge in [-0.25, -0.2) is 4.57 Å². The molecule has 0 rings (SSSR count). The Kier molecular flexibility index (Phi) is 41.1. The smallest absolute Gasteiger partial charge is 0.394 e. The lowest BCUT2D eigenvalue weighted by molar-refractivity contribution is -0.0462. The highest BCUT2D eigenvalue weighted by atomic mass is 31.2. The van der Waals surface area contributed by atoms with Gasteiger partial charge in [-0.15, -0.1) is 0 Å². The molecule has 9 heteroatoms. The molecular weight excluding hydrogens is 663 g/mol. The van der Waals surface area contributed by atoms with Crippen molar-refractivity contribution in [2.24, 2.45) is 0 Å². The summed E-state index contributed by atoms with van der Waals surface area (Å²) in [7, 11) is -4.38. The zero-order chi connectivity index (χ0) is 37.4. The second-order valence-electron chi connectivity index (χ2n) is 15.1. The van der Waals surface area contributed by atoms with Crippen LogP contribution in [0.15, 0.2) is 0 Å². The molecule has 0 radical (unpaired) electrons. The maximum absolute atomic E-state index is 12.2. The van der Waals surface area contributed by atoms with Crippen molar-refractivity contribution in [1.82, 2.24) is 0 Å². The van der Waals surface area contributed by atoms with Gasteiger partial charge in [-0.05, 0) is 12.8 Å². The Morgan fingerprint density at radius 1 is 0.451 bits per heavy atom. The fourth-order valence-corrected chi connectivity index (χ4v) is 7.25. The maximum Gasteiger partial charge on any atom is 0.472 e. The third-order valence-electron chi connectivity index (χ3n) is 9.86. The maximum atomic E-state index is 12.2. The van der Waals surface area contributed by atoms with E-state index in [-0.39, 0.29) is 13.2 Å². The van der Waals surface area contributed by atoms with E-state index >= 15 is 0 Å². The van der Waals surface area contributed by atoms with E-state index in [0.29, 0.717) is 13.2 Å². The van der Waals surface area contributed by atoms with Crippen LogP contribution in [0.4, 0.5) is 0 Å². The van der Waals surface area contributed by atoms with Crippen molar-refractivity contribution in [2.45, 2.75) is 232 Å². The third-order valence-corrected chi connectivity index (χ3v) is 10.8. The molecule has 3 atom stereocenters. The van der Waals surface area contributed by atoms with Crippen LogP contribution in [-0.2, 0) is 23.1 Å². The lowest BCUT2D eigenvalue weighted by Gasteiger charge is -2.20. The largest absolute Gasteiger partial charge is 0.472 e. The van der Waals surface area contributed by atoms with Crippen LogP contribution in [0.3, 0.4) is 0 Å². The zero-order valence-electron chi connectivity index (χ0n) is 33.9. The highest BCUT2D eigenvalue weighted by Gasteiger charge is 2.25.